The van der Waals surface area contributed by atoms with Gasteiger partial charge in [0, 0.05) is 18.0 Å². The molecule has 0 bridgehead atoms. The number of Topliss-reactive ketones (excluding diaryl/α,β-unsaturated/α-hetero) is 4. The average molecular weight is 633 g/mol. The zero-order valence-corrected chi connectivity index (χ0v) is 26.4. The van der Waals surface area contributed by atoms with Crippen LogP contribution in [0.25, 0.3) is 11.1 Å². The molecule has 5 rings (SSSR count). The van der Waals surface area contributed by atoms with Gasteiger partial charge in [0.25, 0.3) is 5.91 Å². The molecule has 2 aromatic carbocycles. The molecule has 3 aliphatic carbocycles. The van der Waals surface area contributed by atoms with Crippen molar-refractivity contribution in [2.24, 2.45) is 29.4 Å². The number of hydrogen-bond acceptors (Lipinski definition) is 10. The molecule has 0 aliphatic heterocycles. The summed E-state index contributed by atoms with van der Waals surface area (Å²) in [6.07, 6.45) is 1.84. The second kappa shape index (κ2) is 12.5. The number of likely N-dealkylation sites (N-methyl/N-ethyl adjacent to an activating group) is 1. The van der Waals surface area contributed by atoms with Crippen LogP contribution in [0.5, 0.6) is 5.75 Å². The van der Waals surface area contributed by atoms with Gasteiger partial charge >= 0.3 is 0 Å². The molecular formula is C34H40N4O8. The Labute approximate surface area is 266 Å². The Balaban J connectivity index is 1.50. The third-order valence-electron chi connectivity index (χ3n) is 9.70. The lowest BCUT2D eigenvalue weighted by Crippen LogP contribution is -2.74. The zero-order chi connectivity index (χ0) is 33.7. The van der Waals surface area contributed by atoms with Gasteiger partial charge in [-0.1, -0.05) is 18.2 Å². The van der Waals surface area contributed by atoms with E-state index in [-0.39, 0.29) is 30.1 Å². The van der Waals surface area contributed by atoms with Crippen LogP contribution in [0, 0.1) is 23.7 Å². The number of amides is 2. The molecule has 0 spiro atoms. The lowest BCUT2D eigenvalue weighted by molar-refractivity contribution is -0.181. The highest BCUT2D eigenvalue weighted by molar-refractivity contribution is 6.32. The van der Waals surface area contributed by atoms with E-state index in [9.17, 15) is 39.0 Å². The van der Waals surface area contributed by atoms with Crippen molar-refractivity contribution in [3.8, 4) is 16.9 Å². The van der Waals surface area contributed by atoms with Gasteiger partial charge in [0.15, 0.2) is 34.7 Å². The number of ketones is 4. The molecule has 2 aromatic rings. The molecule has 0 aromatic heterocycles. The first kappa shape index (κ1) is 33.1. The van der Waals surface area contributed by atoms with Crippen molar-refractivity contribution in [2.45, 2.75) is 37.3 Å². The maximum absolute atomic E-state index is 14.0. The Kier molecular flexibility index (Phi) is 9.00. The normalized spacial score (nSPS) is 27.3. The van der Waals surface area contributed by atoms with Crippen molar-refractivity contribution < 1.29 is 39.0 Å². The standard InChI is InChI=1S/C34H40N4O8/c1-37(2)13-6-5-12-36-33(45)18-9-7-8-17(14-18)20-10-11-23(39)25-21(20)15-19-16-22-27(38(3)4)29(41)26(32(35)44)31(43)34(22,46)30(42)24(19)28(25)40/h7-11,14,19,22,24,26-27,39,46H,5-6,12-13,15-16H2,1-4H3,(H2,35,44)(H,36,45)/t19-,22-,24?,26?,27-,34-/m0/s1. The van der Waals surface area contributed by atoms with Crippen molar-refractivity contribution >= 4 is 34.9 Å². The zero-order valence-electron chi connectivity index (χ0n) is 26.4. The number of aliphatic hydroxyl groups is 1. The van der Waals surface area contributed by atoms with E-state index in [0.717, 1.165) is 19.4 Å². The topological polar surface area (TPSA) is 187 Å². The molecular weight excluding hydrogens is 592 g/mol. The van der Waals surface area contributed by atoms with Gasteiger partial charge in [-0.2, -0.15) is 0 Å². The van der Waals surface area contributed by atoms with Crippen molar-refractivity contribution in [2.75, 3.05) is 41.3 Å². The summed E-state index contributed by atoms with van der Waals surface area (Å²) in [6.45, 7) is 1.43. The summed E-state index contributed by atoms with van der Waals surface area (Å²) in [5.41, 5.74) is 4.60. The van der Waals surface area contributed by atoms with E-state index in [4.69, 9.17) is 5.73 Å². The number of nitrogens with zero attached hydrogens (tertiary/aromatic N) is 2. The summed E-state index contributed by atoms with van der Waals surface area (Å²) < 4.78 is 0. The first-order valence-electron chi connectivity index (χ1n) is 15.4. The number of phenolic OH excluding ortho intramolecular Hbond substituents is 1. The second-order valence-corrected chi connectivity index (χ2v) is 13.1. The van der Waals surface area contributed by atoms with Gasteiger partial charge in [-0.05, 0) is 101 Å². The Hall–Kier alpha value is -4.26. The monoisotopic (exact) mass is 632 g/mol. The Morgan fingerprint density at radius 1 is 1.02 bits per heavy atom. The van der Waals surface area contributed by atoms with Gasteiger partial charge in [-0.25, -0.2) is 0 Å². The maximum atomic E-state index is 14.0. The van der Waals surface area contributed by atoms with Crippen LogP contribution in [0.3, 0.4) is 0 Å². The minimum Gasteiger partial charge on any atom is -0.507 e. The van der Waals surface area contributed by atoms with E-state index in [1.807, 2.05) is 14.1 Å². The van der Waals surface area contributed by atoms with E-state index in [1.54, 1.807) is 30.3 Å². The average Bonchev–Trinajstić information content (AvgIpc) is 2.98. The fraction of sp³-hybridized carbons (Fsp3) is 0.471. The summed E-state index contributed by atoms with van der Waals surface area (Å²) in [6, 6.07) is 8.71. The minimum atomic E-state index is -2.78. The molecule has 0 saturated heterocycles. The molecule has 12 nitrogen and oxygen atoms in total. The molecule has 3 aliphatic rings. The maximum Gasteiger partial charge on any atom is 0.251 e. The first-order chi connectivity index (χ1) is 21.7. The van der Waals surface area contributed by atoms with Crippen molar-refractivity contribution in [3.05, 3.63) is 53.1 Å². The largest absolute Gasteiger partial charge is 0.507 e. The number of rotatable bonds is 9. The highest BCUT2D eigenvalue weighted by Gasteiger charge is 2.69. The number of carbonyl (C=O) groups is 6. The number of unbranched alkanes of at least 4 members (excludes halogenated alkanes) is 1. The van der Waals surface area contributed by atoms with E-state index in [0.29, 0.717) is 28.8 Å². The molecule has 46 heavy (non-hydrogen) atoms. The minimum absolute atomic E-state index is 0.0464. The predicted octanol–water partition coefficient (Wildman–Crippen LogP) is 0.606. The molecule has 0 heterocycles. The highest BCUT2D eigenvalue weighted by Crippen LogP contribution is 2.51. The van der Waals surface area contributed by atoms with Gasteiger partial charge in [0.05, 0.1) is 17.5 Å². The summed E-state index contributed by atoms with van der Waals surface area (Å²) in [5, 5.41) is 25.5. The summed E-state index contributed by atoms with van der Waals surface area (Å²) in [5.74, 6) is -11.2. The number of benzene rings is 2. The van der Waals surface area contributed by atoms with Crippen LogP contribution < -0.4 is 11.1 Å². The molecule has 2 fully saturated rings. The van der Waals surface area contributed by atoms with Crippen LogP contribution in [0.1, 0.15) is 45.5 Å². The summed E-state index contributed by atoms with van der Waals surface area (Å²) in [4.78, 5) is 83.5. The van der Waals surface area contributed by atoms with Gasteiger partial charge in [-0.3, -0.25) is 33.7 Å². The van der Waals surface area contributed by atoms with Gasteiger partial charge in [0.1, 0.15) is 5.75 Å². The van der Waals surface area contributed by atoms with Gasteiger partial charge < -0.3 is 26.2 Å². The van der Waals surface area contributed by atoms with Crippen molar-refractivity contribution in [3.63, 3.8) is 0 Å². The Bertz CT molecular complexity index is 1630. The molecule has 12 heteroatoms. The number of nitrogens with one attached hydrogen (secondary N) is 1. The fourth-order valence-corrected chi connectivity index (χ4v) is 7.56. The highest BCUT2D eigenvalue weighted by atomic mass is 16.3. The molecule has 2 unspecified atom stereocenters. The molecule has 2 saturated carbocycles. The number of carbonyl (C=O) groups excluding carboxylic acids is 6. The smallest absolute Gasteiger partial charge is 0.251 e. The Morgan fingerprint density at radius 2 is 1.74 bits per heavy atom. The van der Waals surface area contributed by atoms with Crippen LogP contribution in [0.15, 0.2) is 36.4 Å². The third-order valence-corrected chi connectivity index (χ3v) is 9.70. The summed E-state index contributed by atoms with van der Waals surface area (Å²) >= 11 is 0. The lowest BCUT2D eigenvalue weighted by Gasteiger charge is -2.52. The van der Waals surface area contributed by atoms with Crippen LogP contribution in [-0.2, 0) is 25.6 Å². The van der Waals surface area contributed by atoms with E-state index < -0.39 is 64.4 Å². The Morgan fingerprint density at radius 3 is 2.39 bits per heavy atom. The number of hydrogen-bond donors (Lipinski definition) is 4. The van der Waals surface area contributed by atoms with E-state index >= 15 is 0 Å². The van der Waals surface area contributed by atoms with Crippen molar-refractivity contribution in [1.29, 1.82) is 0 Å². The molecule has 6 atom stereocenters. The molecule has 2 amide bonds. The van der Waals surface area contributed by atoms with E-state index in [2.05, 4.69) is 10.2 Å². The number of fused-ring (bicyclic) bond motifs is 3. The first-order valence-corrected chi connectivity index (χ1v) is 15.4. The second-order valence-electron chi connectivity index (χ2n) is 13.1. The summed E-state index contributed by atoms with van der Waals surface area (Å²) in [7, 11) is 7.06. The fourth-order valence-electron chi connectivity index (χ4n) is 7.56. The SMILES string of the molecule is CN(C)CCCCNC(=O)c1cccc(-c2ccc(O)c3c2C[C@H]2C[C@H]4[C@H](N(C)C)C(=O)C(C(N)=O)C(=O)[C@@]4(O)C(=O)C2C3=O)c1. The number of primary amides is 1. The van der Waals surface area contributed by atoms with Gasteiger partial charge in [0.2, 0.25) is 5.91 Å². The van der Waals surface area contributed by atoms with Crippen LogP contribution in [0.2, 0.25) is 0 Å². The molecule has 0 radical (unpaired) electrons. The quantitative estimate of drug-likeness (QED) is 0.225. The van der Waals surface area contributed by atoms with Crippen LogP contribution >= 0.6 is 0 Å². The van der Waals surface area contributed by atoms with Crippen LogP contribution in [0.4, 0.5) is 0 Å². The number of nitrogens with two attached hydrogens (primary N) is 1. The van der Waals surface area contributed by atoms with Crippen molar-refractivity contribution in [1.82, 2.24) is 15.1 Å². The predicted molar refractivity (Wildman–Crippen MR) is 167 cm³/mol. The number of phenols is 1. The van der Waals surface area contributed by atoms with Crippen LogP contribution in [-0.4, -0.2) is 108 Å². The number of aromatic hydroxyl groups is 1. The lowest BCUT2D eigenvalue weighted by atomic mass is 9.52. The van der Waals surface area contributed by atoms with Gasteiger partial charge in [-0.15, -0.1) is 0 Å². The van der Waals surface area contributed by atoms with E-state index in [1.165, 1.54) is 25.1 Å². The molecule has 244 valence electrons. The third kappa shape index (κ3) is 5.44. The molecule has 5 N–H and O–H groups in total.